The number of anilines is 3. The van der Waals surface area contributed by atoms with E-state index in [2.05, 4.69) is 20.0 Å². The molecule has 0 spiro atoms. The molecule has 0 bridgehead atoms. The van der Waals surface area contributed by atoms with Crippen LogP contribution in [0.5, 0.6) is 0 Å². The van der Waals surface area contributed by atoms with Crippen LogP contribution in [0.2, 0.25) is 0 Å². The minimum atomic E-state index is -3.67. The van der Waals surface area contributed by atoms with E-state index < -0.39 is 10.0 Å². The molecule has 30 heavy (non-hydrogen) atoms. The minimum Gasteiger partial charge on any atom is -0.332 e. The second-order valence-corrected chi connectivity index (χ2v) is 10.5. The minimum absolute atomic E-state index is 0.152. The molecule has 4 rings (SSSR count). The van der Waals surface area contributed by atoms with Crippen molar-refractivity contribution in [3.8, 4) is 0 Å². The van der Waals surface area contributed by atoms with E-state index in [0.29, 0.717) is 16.0 Å². The van der Waals surface area contributed by atoms with Crippen molar-refractivity contribution in [1.82, 2.24) is 9.97 Å². The molecular formula is C19H15FN4O2S4. The van der Waals surface area contributed by atoms with Crippen molar-refractivity contribution in [3.63, 3.8) is 0 Å². The summed E-state index contributed by atoms with van der Waals surface area (Å²) in [4.78, 5) is 9.59. The van der Waals surface area contributed by atoms with E-state index in [9.17, 15) is 12.8 Å². The van der Waals surface area contributed by atoms with Gasteiger partial charge in [0.1, 0.15) is 5.82 Å². The average Bonchev–Trinajstić information content (AvgIpc) is 3.40. The topological polar surface area (TPSA) is 84.0 Å². The third-order valence-electron chi connectivity index (χ3n) is 3.82. The number of thiazole rings is 2. The van der Waals surface area contributed by atoms with Crippen molar-refractivity contribution in [3.05, 3.63) is 77.0 Å². The normalized spacial score (nSPS) is 11.4. The lowest BCUT2D eigenvalue weighted by Gasteiger charge is -2.07. The standard InChI is InChI=1S/C19H15FN4O2S4/c20-13-1-5-16(6-2-13)28-11-15-12-29-19(23-15)22-14-3-7-17(8-4-14)30(25,26)24-18-21-9-10-27-18/h1-10,12H,11H2,(H,21,24)(H,22,23). The fraction of sp³-hybridized carbons (Fsp3) is 0.0526. The molecule has 0 aliphatic heterocycles. The van der Waals surface area contributed by atoms with Crippen molar-refractivity contribution in [1.29, 1.82) is 0 Å². The van der Waals surface area contributed by atoms with Crippen LogP contribution >= 0.6 is 34.4 Å². The Hall–Kier alpha value is -2.47. The molecule has 0 aliphatic rings. The molecule has 0 saturated carbocycles. The first-order valence-corrected chi connectivity index (χ1v) is 12.8. The van der Waals surface area contributed by atoms with E-state index in [1.807, 2.05) is 5.38 Å². The van der Waals surface area contributed by atoms with E-state index in [4.69, 9.17) is 0 Å². The summed E-state index contributed by atoms with van der Waals surface area (Å²) < 4.78 is 40.2. The van der Waals surface area contributed by atoms with Crippen molar-refractivity contribution in [2.45, 2.75) is 15.5 Å². The number of hydrogen-bond donors (Lipinski definition) is 2. The first-order chi connectivity index (χ1) is 14.5. The summed E-state index contributed by atoms with van der Waals surface area (Å²) in [6, 6.07) is 12.8. The lowest BCUT2D eigenvalue weighted by Crippen LogP contribution is -2.12. The average molecular weight is 479 g/mol. The first-order valence-electron chi connectivity index (χ1n) is 8.60. The summed E-state index contributed by atoms with van der Waals surface area (Å²) in [5.74, 6) is 0.418. The fourth-order valence-corrected chi connectivity index (χ4v) is 5.82. The van der Waals surface area contributed by atoms with E-state index in [1.165, 1.54) is 53.1 Å². The molecule has 2 N–H and O–H groups in total. The van der Waals surface area contributed by atoms with Gasteiger partial charge in [-0.25, -0.2) is 22.8 Å². The van der Waals surface area contributed by atoms with Gasteiger partial charge in [-0.15, -0.1) is 34.4 Å². The van der Waals surface area contributed by atoms with Crippen LogP contribution in [0, 0.1) is 5.82 Å². The molecule has 0 amide bonds. The number of rotatable bonds is 8. The molecule has 154 valence electrons. The molecule has 4 aromatic rings. The van der Waals surface area contributed by atoms with Crippen LogP contribution in [-0.4, -0.2) is 18.4 Å². The molecule has 0 unspecified atom stereocenters. The highest BCUT2D eigenvalue weighted by atomic mass is 32.2. The Kier molecular flexibility index (Phi) is 6.32. The Morgan fingerprint density at radius 3 is 2.47 bits per heavy atom. The van der Waals surface area contributed by atoms with Crippen LogP contribution in [0.1, 0.15) is 5.69 Å². The molecule has 2 heterocycles. The van der Waals surface area contributed by atoms with Crippen LogP contribution in [0.25, 0.3) is 0 Å². The number of thioether (sulfide) groups is 1. The Balaban J connectivity index is 1.36. The zero-order chi connectivity index (χ0) is 21.0. The summed E-state index contributed by atoms with van der Waals surface area (Å²) in [5, 5.41) is 7.87. The van der Waals surface area contributed by atoms with Crippen LogP contribution in [0.4, 0.5) is 20.3 Å². The summed E-state index contributed by atoms with van der Waals surface area (Å²) in [5.41, 5.74) is 1.64. The van der Waals surface area contributed by atoms with Crippen LogP contribution < -0.4 is 10.0 Å². The number of benzene rings is 2. The molecule has 0 atom stereocenters. The molecule has 0 fully saturated rings. The van der Waals surface area contributed by atoms with Gasteiger partial charge in [-0.3, -0.25) is 4.72 Å². The molecule has 0 aliphatic carbocycles. The molecule has 2 aromatic carbocycles. The summed E-state index contributed by atoms with van der Waals surface area (Å²) >= 11 is 4.26. The number of hydrogen-bond acceptors (Lipinski definition) is 8. The van der Waals surface area contributed by atoms with Gasteiger partial charge in [0, 0.05) is 33.3 Å². The van der Waals surface area contributed by atoms with Crippen molar-refractivity contribution in [2.75, 3.05) is 10.0 Å². The largest absolute Gasteiger partial charge is 0.332 e. The van der Waals surface area contributed by atoms with E-state index in [0.717, 1.165) is 16.3 Å². The molecular weight excluding hydrogens is 464 g/mol. The van der Waals surface area contributed by atoms with Gasteiger partial charge in [0.05, 0.1) is 10.6 Å². The quantitative estimate of drug-likeness (QED) is 0.322. The lowest BCUT2D eigenvalue weighted by atomic mass is 10.3. The van der Waals surface area contributed by atoms with E-state index in [1.54, 1.807) is 41.4 Å². The number of sulfonamides is 1. The predicted molar refractivity (Wildman–Crippen MR) is 121 cm³/mol. The Labute approximate surface area is 185 Å². The zero-order valence-corrected chi connectivity index (χ0v) is 18.5. The SMILES string of the molecule is O=S(=O)(Nc1nccs1)c1ccc(Nc2nc(CSc3ccc(F)cc3)cs2)cc1. The summed E-state index contributed by atoms with van der Waals surface area (Å²) in [6.07, 6.45) is 1.54. The maximum atomic E-state index is 13.0. The van der Waals surface area contributed by atoms with Gasteiger partial charge >= 0.3 is 0 Å². The number of nitrogens with zero attached hydrogens (tertiary/aromatic N) is 2. The van der Waals surface area contributed by atoms with Gasteiger partial charge in [-0.05, 0) is 48.5 Å². The molecule has 11 heteroatoms. The predicted octanol–water partition coefficient (Wildman–Crippen LogP) is 5.58. The molecule has 6 nitrogen and oxygen atoms in total. The van der Waals surface area contributed by atoms with E-state index in [-0.39, 0.29) is 10.7 Å². The highest BCUT2D eigenvalue weighted by Gasteiger charge is 2.15. The van der Waals surface area contributed by atoms with Gasteiger partial charge in [0.25, 0.3) is 10.0 Å². The number of halogens is 1. The van der Waals surface area contributed by atoms with Gasteiger partial charge in [0.2, 0.25) is 0 Å². The molecule has 0 saturated heterocycles. The Morgan fingerprint density at radius 2 is 1.77 bits per heavy atom. The monoisotopic (exact) mass is 478 g/mol. The first kappa shape index (κ1) is 20.8. The van der Waals surface area contributed by atoms with Gasteiger partial charge in [-0.2, -0.15) is 0 Å². The fourth-order valence-electron chi connectivity index (χ4n) is 2.41. The smallest absolute Gasteiger partial charge is 0.263 e. The summed E-state index contributed by atoms with van der Waals surface area (Å²) in [7, 11) is -3.67. The maximum Gasteiger partial charge on any atom is 0.263 e. The van der Waals surface area contributed by atoms with Gasteiger partial charge < -0.3 is 5.32 Å². The van der Waals surface area contributed by atoms with Crippen LogP contribution in [0.15, 0.2) is 75.3 Å². The van der Waals surface area contributed by atoms with Gasteiger partial charge in [-0.1, -0.05) is 0 Å². The lowest BCUT2D eigenvalue weighted by molar-refractivity contribution is 0.601. The second-order valence-electron chi connectivity index (χ2n) is 5.98. The molecule has 0 radical (unpaired) electrons. The highest BCUT2D eigenvalue weighted by Crippen LogP contribution is 2.27. The number of aromatic nitrogens is 2. The van der Waals surface area contributed by atoms with Crippen LogP contribution in [0.3, 0.4) is 0 Å². The number of nitrogens with one attached hydrogen (secondary N) is 2. The molecule has 2 aromatic heterocycles. The van der Waals surface area contributed by atoms with E-state index >= 15 is 0 Å². The zero-order valence-electron chi connectivity index (χ0n) is 15.3. The Bertz CT molecular complexity index is 1210. The van der Waals surface area contributed by atoms with Crippen molar-refractivity contribution in [2.24, 2.45) is 0 Å². The van der Waals surface area contributed by atoms with Gasteiger partial charge in [0.15, 0.2) is 10.3 Å². The van der Waals surface area contributed by atoms with Crippen molar-refractivity contribution < 1.29 is 12.8 Å². The summed E-state index contributed by atoms with van der Waals surface area (Å²) in [6.45, 7) is 0. The second kappa shape index (κ2) is 9.13. The highest BCUT2D eigenvalue weighted by molar-refractivity contribution is 7.98. The van der Waals surface area contributed by atoms with Crippen molar-refractivity contribution >= 4 is 60.4 Å². The third kappa shape index (κ3) is 5.36. The Morgan fingerprint density at radius 1 is 1.00 bits per heavy atom. The maximum absolute atomic E-state index is 13.0. The third-order valence-corrected chi connectivity index (χ3v) is 7.85. The van der Waals surface area contributed by atoms with Crippen LogP contribution in [-0.2, 0) is 15.8 Å².